The van der Waals surface area contributed by atoms with Gasteiger partial charge in [0.1, 0.15) is 23.0 Å². The molecule has 3 aromatic heterocycles. The predicted molar refractivity (Wildman–Crippen MR) is 118 cm³/mol. The monoisotopic (exact) mass is 428 g/mol. The lowest BCUT2D eigenvalue weighted by molar-refractivity contribution is 0.0958. The van der Waals surface area contributed by atoms with E-state index in [2.05, 4.69) is 30.6 Å². The lowest BCUT2D eigenvalue weighted by atomic mass is 10.1. The lowest BCUT2D eigenvalue weighted by Gasteiger charge is -2.16. The molecule has 3 N–H and O–H groups in total. The van der Waals surface area contributed by atoms with Gasteiger partial charge >= 0.3 is 0 Å². The molecule has 30 heavy (non-hydrogen) atoms. The molecule has 0 saturated heterocycles. The number of pyridine rings is 1. The third-order valence-corrected chi connectivity index (χ3v) is 4.87. The fourth-order valence-corrected chi connectivity index (χ4v) is 3.26. The SMILES string of the molecule is CNC(=O)c1cc(N[C@@H](C)c2ccc(F)cc2)nc(-c2c[nH]c3ncc(Cl)cc23)n1.[HH].[HH]. The highest BCUT2D eigenvalue weighted by molar-refractivity contribution is 6.31. The highest BCUT2D eigenvalue weighted by Gasteiger charge is 2.17. The zero-order valence-electron chi connectivity index (χ0n) is 16.2. The second kappa shape index (κ2) is 8.08. The maximum absolute atomic E-state index is 13.2. The molecular weight excluding hydrogens is 407 g/mol. The van der Waals surface area contributed by atoms with Crippen molar-refractivity contribution in [1.29, 1.82) is 0 Å². The zero-order valence-corrected chi connectivity index (χ0v) is 17.0. The Morgan fingerprint density at radius 1 is 1.23 bits per heavy atom. The van der Waals surface area contributed by atoms with E-state index in [-0.39, 0.29) is 26.3 Å². The largest absolute Gasteiger partial charge is 0.363 e. The molecule has 4 rings (SSSR count). The third-order valence-electron chi connectivity index (χ3n) is 4.66. The van der Waals surface area contributed by atoms with Crippen molar-refractivity contribution in [2.24, 2.45) is 0 Å². The molecule has 0 spiro atoms. The van der Waals surface area contributed by atoms with Crippen LogP contribution >= 0.6 is 11.6 Å². The number of halogens is 2. The highest BCUT2D eigenvalue weighted by Crippen LogP contribution is 2.29. The van der Waals surface area contributed by atoms with Gasteiger partial charge in [0.25, 0.3) is 5.91 Å². The smallest absolute Gasteiger partial charge is 0.269 e. The molecule has 0 bridgehead atoms. The van der Waals surface area contributed by atoms with Gasteiger partial charge in [-0.2, -0.15) is 0 Å². The molecule has 1 amide bonds. The van der Waals surface area contributed by atoms with Gasteiger partial charge in [0.05, 0.1) is 5.02 Å². The average Bonchev–Trinajstić information content (AvgIpc) is 3.16. The Hall–Kier alpha value is -3.52. The number of nitrogens with one attached hydrogen (secondary N) is 3. The topological polar surface area (TPSA) is 95.6 Å². The molecule has 4 aromatic rings. The van der Waals surface area contributed by atoms with Crippen LogP contribution in [-0.2, 0) is 0 Å². The first-order valence-corrected chi connectivity index (χ1v) is 9.58. The molecule has 7 nitrogen and oxygen atoms in total. The van der Waals surface area contributed by atoms with E-state index in [9.17, 15) is 9.18 Å². The number of H-pyrrole nitrogens is 1. The Balaban J connectivity index is 0.00000181. The standard InChI is InChI=1S/C21H18ClFN6O.2H2/c1-11(12-3-5-14(23)6-4-12)27-18-8-17(21(30)24-2)28-20(29-18)16-10-26-19-15(16)7-13(22)9-25-19;;/h3-11H,1-2H3,(H,24,30)(H,25,26)(H,27,28,29);2*1H/t11-;;/m0../s1. The van der Waals surface area contributed by atoms with Gasteiger partial charge in [0.2, 0.25) is 0 Å². The van der Waals surface area contributed by atoms with Crippen molar-refractivity contribution in [1.82, 2.24) is 25.3 Å². The summed E-state index contributed by atoms with van der Waals surface area (Å²) in [4.78, 5) is 28.6. The van der Waals surface area contributed by atoms with Gasteiger partial charge in [-0.15, -0.1) is 0 Å². The van der Waals surface area contributed by atoms with E-state index < -0.39 is 0 Å². The van der Waals surface area contributed by atoms with Gasteiger partial charge in [-0.25, -0.2) is 19.3 Å². The summed E-state index contributed by atoms with van der Waals surface area (Å²) < 4.78 is 13.2. The van der Waals surface area contributed by atoms with Gasteiger partial charge in [-0.3, -0.25) is 4.79 Å². The second-order valence-electron chi connectivity index (χ2n) is 6.71. The Bertz CT molecular complexity index is 1230. The summed E-state index contributed by atoms with van der Waals surface area (Å²) in [5, 5.41) is 7.06. The van der Waals surface area contributed by atoms with Gasteiger partial charge in [0, 0.05) is 45.4 Å². The summed E-state index contributed by atoms with van der Waals surface area (Å²) >= 11 is 6.10. The van der Waals surface area contributed by atoms with Gasteiger partial charge in [-0.1, -0.05) is 23.7 Å². The van der Waals surface area contributed by atoms with Crippen LogP contribution in [0.1, 0.15) is 31.9 Å². The van der Waals surface area contributed by atoms with Crippen LogP contribution in [0.2, 0.25) is 5.02 Å². The maximum atomic E-state index is 13.2. The van der Waals surface area contributed by atoms with Crippen LogP contribution in [0.3, 0.4) is 0 Å². The minimum atomic E-state index is -0.341. The van der Waals surface area contributed by atoms with E-state index in [1.807, 2.05) is 6.92 Å². The van der Waals surface area contributed by atoms with Crippen LogP contribution < -0.4 is 10.6 Å². The van der Waals surface area contributed by atoms with Gasteiger partial charge < -0.3 is 15.6 Å². The first-order chi connectivity index (χ1) is 14.4. The molecule has 156 valence electrons. The van der Waals surface area contributed by atoms with E-state index in [4.69, 9.17) is 11.6 Å². The molecule has 9 heteroatoms. The summed E-state index contributed by atoms with van der Waals surface area (Å²) in [5.74, 6) is 0.163. The number of carbonyl (C=O) groups excluding carboxylic acids is 1. The van der Waals surface area contributed by atoms with Crippen molar-refractivity contribution >= 4 is 34.4 Å². The number of aromatic nitrogens is 4. The first-order valence-electron chi connectivity index (χ1n) is 9.21. The van der Waals surface area contributed by atoms with Crippen molar-refractivity contribution in [3.63, 3.8) is 0 Å². The number of rotatable bonds is 5. The fraction of sp³-hybridized carbons (Fsp3) is 0.143. The molecular formula is C21H22ClFN6O. The summed E-state index contributed by atoms with van der Waals surface area (Å²) in [5.41, 5.74) is 2.39. The summed E-state index contributed by atoms with van der Waals surface area (Å²) in [6, 6.07) is 9.35. The van der Waals surface area contributed by atoms with Crippen LogP contribution in [0.5, 0.6) is 0 Å². The van der Waals surface area contributed by atoms with E-state index in [0.717, 1.165) is 10.9 Å². The van der Waals surface area contributed by atoms with Crippen LogP contribution in [0.15, 0.2) is 48.8 Å². The summed E-state index contributed by atoms with van der Waals surface area (Å²) in [7, 11) is 1.54. The van der Waals surface area contributed by atoms with Crippen molar-refractivity contribution in [3.05, 3.63) is 70.9 Å². The molecule has 0 saturated carbocycles. The van der Waals surface area contributed by atoms with Crippen molar-refractivity contribution in [2.45, 2.75) is 13.0 Å². The number of nitrogens with zero attached hydrogens (tertiary/aromatic N) is 3. The molecule has 0 fully saturated rings. The van der Waals surface area contributed by atoms with Crippen LogP contribution in [0.25, 0.3) is 22.4 Å². The van der Waals surface area contributed by atoms with Gasteiger partial charge in [-0.05, 0) is 30.7 Å². The molecule has 3 heterocycles. The Morgan fingerprint density at radius 3 is 2.73 bits per heavy atom. The van der Waals surface area contributed by atoms with Crippen LogP contribution in [-0.4, -0.2) is 32.9 Å². The maximum Gasteiger partial charge on any atom is 0.269 e. The number of fused-ring (bicyclic) bond motifs is 1. The van der Waals surface area contributed by atoms with Crippen LogP contribution in [0.4, 0.5) is 10.2 Å². The summed E-state index contributed by atoms with van der Waals surface area (Å²) in [6.45, 7) is 1.92. The number of anilines is 1. The van der Waals surface area contributed by atoms with E-state index in [0.29, 0.717) is 27.9 Å². The molecule has 0 aliphatic carbocycles. The average molecular weight is 429 g/mol. The predicted octanol–water partition coefficient (Wildman–Crippen LogP) is 4.84. The molecule has 0 aliphatic heterocycles. The normalized spacial score (nSPS) is 12.0. The first kappa shape index (κ1) is 19.8. The number of hydrogen-bond donors (Lipinski definition) is 3. The third kappa shape index (κ3) is 3.95. The molecule has 1 atom stereocenters. The second-order valence-corrected chi connectivity index (χ2v) is 7.15. The van der Waals surface area contributed by atoms with Gasteiger partial charge in [0.15, 0.2) is 5.82 Å². The Kier molecular flexibility index (Phi) is 5.33. The fourth-order valence-electron chi connectivity index (χ4n) is 3.11. The molecule has 0 unspecified atom stereocenters. The summed E-state index contributed by atoms with van der Waals surface area (Å²) in [6.07, 6.45) is 3.27. The van der Waals surface area contributed by atoms with Crippen molar-refractivity contribution in [2.75, 3.05) is 12.4 Å². The van der Waals surface area contributed by atoms with E-state index in [1.165, 1.54) is 19.2 Å². The van der Waals surface area contributed by atoms with E-state index >= 15 is 0 Å². The molecule has 1 aromatic carbocycles. The number of hydrogen-bond acceptors (Lipinski definition) is 5. The van der Waals surface area contributed by atoms with E-state index in [1.54, 1.807) is 36.7 Å². The van der Waals surface area contributed by atoms with Crippen molar-refractivity contribution < 1.29 is 12.0 Å². The Labute approximate surface area is 179 Å². The van der Waals surface area contributed by atoms with Crippen molar-refractivity contribution in [3.8, 4) is 11.4 Å². The Morgan fingerprint density at radius 2 is 2.00 bits per heavy atom. The number of benzene rings is 1. The molecule has 0 radical (unpaired) electrons. The number of amides is 1. The minimum absolute atomic E-state index is 0. The zero-order chi connectivity index (χ0) is 21.3. The number of carbonyl (C=O) groups is 1. The highest BCUT2D eigenvalue weighted by atomic mass is 35.5. The quantitative estimate of drug-likeness (QED) is 0.423. The number of aromatic amines is 1. The lowest BCUT2D eigenvalue weighted by Crippen LogP contribution is -2.20. The van der Waals surface area contributed by atoms with Crippen LogP contribution in [0, 0.1) is 5.82 Å². The minimum Gasteiger partial charge on any atom is -0.363 e. The molecule has 0 aliphatic rings.